The molecule has 5 rings (SSSR count). The Balaban J connectivity index is 1.71. The maximum absolute atomic E-state index is 14.0. The minimum atomic E-state index is -0.839. The van der Waals surface area contributed by atoms with Crippen molar-refractivity contribution in [3.63, 3.8) is 0 Å². The summed E-state index contributed by atoms with van der Waals surface area (Å²) in [6.07, 6.45) is 2.96. The number of hydrogen-bond donors (Lipinski definition) is 0. The van der Waals surface area contributed by atoms with Crippen LogP contribution in [0.3, 0.4) is 0 Å². The third-order valence-electron chi connectivity index (χ3n) is 6.41. The molecule has 1 atom stereocenters. The van der Waals surface area contributed by atoms with Crippen molar-refractivity contribution < 1.29 is 18.7 Å². The van der Waals surface area contributed by atoms with Crippen LogP contribution in [-0.2, 0) is 9.53 Å². The van der Waals surface area contributed by atoms with Gasteiger partial charge in [-0.05, 0) is 67.9 Å². The smallest absolute Gasteiger partial charge is 0.338 e. The summed E-state index contributed by atoms with van der Waals surface area (Å²) in [5.41, 5.74) is 1.98. The van der Waals surface area contributed by atoms with Crippen LogP contribution in [0, 0.1) is 0 Å². The van der Waals surface area contributed by atoms with Crippen LogP contribution >= 0.6 is 34.5 Å². The summed E-state index contributed by atoms with van der Waals surface area (Å²) in [6, 6.07) is 15.2. The van der Waals surface area contributed by atoms with Gasteiger partial charge in [-0.2, -0.15) is 0 Å². The Morgan fingerprint density at radius 2 is 1.85 bits per heavy atom. The second-order valence-electron chi connectivity index (χ2n) is 9.01. The highest BCUT2D eigenvalue weighted by Crippen LogP contribution is 2.38. The summed E-state index contributed by atoms with van der Waals surface area (Å²) in [4.78, 5) is 32.6. The fourth-order valence-corrected chi connectivity index (χ4v) is 5.97. The van der Waals surface area contributed by atoms with Gasteiger partial charge >= 0.3 is 5.97 Å². The summed E-state index contributed by atoms with van der Waals surface area (Å²) >= 11 is 13.6. The Morgan fingerprint density at radius 3 is 2.55 bits per heavy atom. The van der Waals surface area contributed by atoms with Gasteiger partial charge < -0.3 is 13.9 Å². The lowest BCUT2D eigenvalue weighted by molar-refractivity contribution is -0.139. The fraction of sp³-hybridized carbons (Fsp3) is 0.233. The second kappa shape index (κ2) is 11.9. The maximum atomic E-state index is 14.0. The van der Waals surface area contributed by atoms with Crippen molar-refractivity contribution in [2.75, 3.05) is 13.7 Å². The molecule has 40 heavy (non-hydrogen) atoms. The lowest BCUT2D eigenvalue weighted by Crippen LogP contribution is -2.40. The zero-order valence-corrected chi connectivity index (χ0v) is 24.4. The molecule has 0 radical (unpaired) electrons. The zero-order chi connectivity index (χ0) is 28.4. The number of methoxy groups -OCH3 is 1. The van der Waals surface area contributed by atoms with Crippen LogP contribution in [0.15, 0.2) is 80.1 Å². The second-order valence-corrected chi connectivity index (χ2v) is 10.9. The number of furan rings is 1. The number of carbonyl (C=O) groups excluding carboxylic acids is 1. The molecule has 0 unspecified atom stereocenters. The van der Waals surface area contributed by atoms with Gasteiger partial charge in [0.1, 0.15) is 23.3 Å². The largest absolute Gasteiger partial charge is 0.496 e. The van der Waals surface area contributed by atoms with Crippen molar-refractivity contribution in [3.05, 3.63) is 107 Å². The maximum Gasteiger partial charge on any atom is 0.338 e. The van der Waals surface area contributed by atoms with Crippen molar-refractivity contribution in [2.45, 2.75) is 32.7 Å². The molecule has 0 bridgehead atoms. The minimum absolute atomic E-state index is 0.181. The fourth-order valence-electron chi connectivity index (χ4n) is 4.66. The molecule has 0 N–H and O–H groups in total. The van der Waals surface area contributed by atoms with Gasteiger partial charge in [0.2, 0.25) is 0 Å². The third kappa shape index (κ3) is 5.39. The number of benzene rings is 2. The van der Waals surface area contributed by atoms with E-state index >= 15 is 0 Å². The van der Waals surface area contributed by atoms with Gasteiger partial charge in [-0.1, -0.05) is 47.9 Å². The van der Waals surface area contributed by atoms with Crippen LogP contribution in [0.5, 0.6) is 5.75 Å². The average molecular weight is 598 g/mol. The van der Waals surface area contributed by atoms with E-state index in [-0.39, 0.29) is 12.2 Å². The van der Waals surface area contributed by atoms with Crippen LogP contribution in [0.25, 0.3) is 17.4 Å². The zero-order valence-electron chi connectivity index (χ0n) is 22.1. The Hall–Kier alpha value is -3.59. The van der Waals surface area contributed by atoms with Gasteiger partial charge in [0.05, 0.1) is 29.5 Å². The Kier molecular flexibility index (Phi) is 8.30. The first-order valence-corrected chi connectivity index (χ1v) is 14.3. The molecular formula is C30H26Cl2N2O5S. The molecule has 4 aromatic rings. The minimum Gasteiger partial charge on any atom is -0.496 e. The summed E-state index contributed by atoms with van der Waals surface area (Å²) in [5.74, 6) is 1.11. The lowest BCUT2D eigenvalue weighted by atomic mass is 9.93. The van der Waals surface area contributed by atoms with E-state index in [4.69, 9.17) is 42.1 Å². The number of hydrogen-bond acceptors (Lipinski definition) is 7. The molecule has 10 heteroatoms. The molecule has 2 aromatic carbocycles. The topological polar surface area (TPSA) is 83.0 Å². The van der Waals surface area contributed by atoms with E-state index in [2.05, 4.69) is 0 Å². The van der Waals surface area contributed by atoms with E-state index in [9.17, 15) is 9.59 Å². The molecule has 0 spiro atoms. The van der Waals surface area contributed by atoms with Crippen LogP contribution in [-0.4, -0.2) is 24.3 Å². The van der Waals surface area contributed by atoms with Gasteiger partial charge in [0.25, 0.3) is 5.56 Å². The first-order valence-electron chi connectivity index (χ1n) is 12.8. The average Bonchev–Trinajstić information content (AvgIpc) is 3.53. The van der Waals surface area contributed by atoms with E-state index in [1.165, 1.54) is 23.0 Å². The van der Waals surface area contributed by atoms with E-state index in [1.807, 2.05) is 25.1 Å². The third-order valence-corrected chi connectivity index (χ3v) is 7.88. The number of esters is 1. The van der Waals surface area contributed by atoms with Crippen molar-refractivity contribution in [1.82, 2.24) is 4.57 Å². The molecule has 0 saturated heterocycles. The molecule has 1 aliphatic heterocycles. The molecule has 3 heterocycles. The van der Waals surface area contributed by atoms with Crippen LogP contribution in [0.4, 0.5) is 0 Å². The molecule has 206 valence electrons. The Labute approximate surface area is 244 Å². The number of thiazole rings is 1. The standard InChI is InChI=1S/C30H26Cl2N2O5S/c1-4-6-22-26(29(36)38-5-2)27(21-15-19(32)11-13-24(21)37-3)34-28(35)25(40-30(34)33-22)16-20-12-14-23(39-20)17-7-9-18(31)10-8-17/h7-16,27H,4-6H2,1-3H3/b25-16+/t27-/m1/s1. The van der Waals surface area contributed by atoms with E-state index in [0.29, 0.717) is 59.9 Å². The lowest BCUT2D eigenvalue weighted by Gasteiger charge is -2.27. The molecular weight excluding hydrogens is 571 g/mol. The SMILES string of the molecule is CCCC1=C(C(=O)OCC)[C@@H](c2cc(Cl)ccc2OC)n2c(s/c(=C/c3ccc(-c4ccc(Cl)cc4)o3)c2=O)=N1. The number of rotatable bonds is 8. The summed E-state index contributed by atoms with van der Waals surface area (Å²) in [6.45, 7) is 3.93. The Morgan fingerprint density at radius 1 is 1.10 bits per heavy atom. The van der Waals surface area contributed by atoms with Crippen molar-refractivity contribution in [3.8, 4) is 17.1 Å². The number of nitrogens with zero attached hydrogens (tertiary/aromatic N) is 2. The number of allylic oxidation sites excluding steroid dienone is 1. The molecule has 0 aliphatic carbocycles. The number of carbonyl (C=O) groups is 1. The van der Waals surface area contributed by atoms with Gasteiger partial charge in [-0.25, -0.2) is 9.79 Å². The van der Waals surface area contributed by atoms with E-state index in [1.54, 1.807) is 49.4 Å². The highest BCUT2D eigenvalue weighted by atomic mass is 35.5. The van der Waals surface area contributed by atoms with E-state index in [0.717, 1.165) is 12.0 Å². The highest BCUT2D eigenvalue weighted by Gasteiger charge is 2.36. The van der Waals surface area contributed by atoms with Crippen LogP contribution in [0.2, 0.25) is 10.0 Å². The first-order chi connectivity index (χ1) is 19.3. The Bertz CT molecular complexity index is 1780. The van der Waals surface area contributed by atoms with Crippen LogP contribution in [0.1, 0.15) is 44.1 Å². The van der Waals surface area contributed by atoms with Crippen LogP contribution < -0.4 is 19.6 Å². The predicted octanol–water partition coefficient (Wildman–Crippen LogP) is 6.15. The number of aromatic nitrogens is 1. The van der Waals surface area contributed by atoms with Crippen molar-refractivity contribution in [1.29, 1.82) is 0 Å². The number of ether oxygens (including phenoxy) is 2. The molecule has 0 saturated carbocycles. The summed E-state index contributed by atoms with van der Waals surface area (Å²) in [5, 5.41) is 1.08. The number of fused-ring (bicyclic) bond motifs is 1. The van der Waals surface area contributed by atoms with Crippen molar-refractivity contribution >= 4 is 46.6 Å². The predicted molar refractivity (Wildman–Crippen MR) is 157 cm³/mol. The van der Waals surface area contributed by atoms with E-state index < -0.39 is 12.0 Å². The number of halogens is 2. The molecule has 1 aliphatic rings. The molecule has 2 aromatic heterocycles. The highest BCUT2D eigenvalue weighted by molar-refractivity contribution is 7.07. The molecule has 0 amide bonds. The van der Waals surface area contributed by atoms with Gasteiger partial charge in [-0.3, -0.25) is 9.36 Å². The van der Waals surface area contributed by atoms with Gasteiger partial charge in [-0.15, -0.1) is 0 Å². The molecule has 7 nitrogen and oxygen atoms in total. The summed E-state index contributed by atoms with van der Waals surface area (Å²) in [7, 11) is 1.53. The first kappa shape index (κ1) is 28.0. The normalized spacial score (nSPS) is 15.1. The van der Waals surface area contributed by atoms with Crippen molar-refractivity contribution in [2.24, 2.45) is 4.99 Å². The summed E-state index contributed by atoms with van der Waals surface area (Å²) < 4.78 is 19.0. The van der Waals surface area contributed by atoms with Gasteiger partial charge in [0.15, 0.2) is 4.80 Å². The van der Waals surface area contributed by atoms with Gasteiger partial charge in [0, 0.05) is 27.2 Å². The molecule has 0 fully saturated rings. The quantitative estimate of drug-likeness (QED) is 0.228. The monoisotopic (exact) mass is 596 g/mol.